The highest BCUT2D eigenvalue weighted by molar-refractivity contribution is 5.72. The first-order valence-electron chi connectivity index (χ1n) is 6.91. The Bertz CT molecular complexity index is 397. The van der Waals surface area contributed by atoms with Gasteiger partial charge in [0, 0.05) is 0 Å². The summed E-state index contributed by atoms with van der Waals surface area (Å²) in [6.45, 7) is 6.24. The van der Waals surface area contributed by atoms with E-state index in [1.807, 2.05) is 19.1 Å². The van der Waals surface area contributed by atoms with E-state index in [9.17, 15) is 9.90 Å². The van der Waals surface area contributed by atoms with Crippen LogP contribution in [0.2, 0.25) is 0 Å². The highest BCUT2D eigenvalue weighted by Crippen LogP contribution is 2.35. The van der Waals surface area contributed by atoms with Gasteiger partial charge in [0.05, 0.1) is 13.0 Å². The summed E-state index contributed by atoms with van der Waals surface area (Å²) in [5.74, 6) is 0.568. The highest BCUT2D eigenvalue weighted by atomic mass is 16.5. The van der Waals surface area contributed by atoms with Crippen LogP contribution in [0.5, 0.6) is 5.75 Å². The minimum absolute atomic E-state index is 0.0799. The molecule has 0 aliphatic rings. The van der Waals surface area contributed by atoms with Gasteiger partial charge in [-0.15, -0.1) is 0 Å². The maximum absolute atomic E-state index is 11.8. The van der Waals surface area contributed by atoms with Gasteiger partial charge in [-0.05, 0) is 42.4 Å². The third-order valence-electron chi connectivity index (χ3n) is 3.97. The molecule has 0 heterocycles. The van der Waals surface area contributed by atoms with Gasteiger partial charge in [-0.3, -0.25) is 4.79 Å². The van der Waals surface area contributed by atoms with Gasteiger partial charge >= 0.3 is 5.97 Å². The molecule has 0 aliphatic carbocycles. The van der Waals surface area contributed by atoms with Gasteiger partial charge in [0.1, 0.15) is 5.75 Å². The second-order valence-electron chi connectivity index (χ2n) is 5.00. The molecule has 1 rings (SSSR count). The van der Waals surface area contributed by atoms with Gasteiger partial charge in [-0.1, -0.05) is 32.9 Å². The van der Waals surface area contributed by atoms with Crippen molar-refractivity contribution in [2.75, 3.05) is 7.11 Å². The lowest BCUT2D eigenvalue weighted by Crippen LogP contribution is -2.27. The number of benzene rings is 1. The summed E-state index contributed by atoms with van der Waals surface area (Å²) in [5, 5.41) is 9.36. The average molecular weight is 264 g/mol. The molecule has 0 aliphatic heterocycles. The lowest BCUT2D eigenvalue weighted by Gasteiger charge is -2.28. The smallest absolute Gasteiger partial charge is 0.308 e. The summed E-state index contributed by atoms with van der Waals surface area (Å²) >= 11 is 0. The van der Waals surface area contributed by atoms with Gasteiger partial charge in [-0.2, -0.15) is 0 Å². The highest BCUT2D eigenvalue weighted by Gasteiger charge is 2.30. The van der Waals surface area contributed by atoms with E-state index < -0.39 is 0 Å². The molecule has 3 nitrogen and oxygen atoms in total. The van der Waals surface area contributed by atoms with Crippen molar-refractivity contribution < 1.29 is 14.6 Å². The Hall–Kier alpha value is -1.51. The molecule has 0 saturated carbocycles. The molecule has 0 radical (unpaired) electrons. The molecule has 3 atom stereocenters. The van der Waals surface area contributed by atoms with E-state index in [1.54, 1.807) is 12.1 Å². The number of esters is 1. The number of methoxy groups -OCH3 is 1. The summed E-state index contributed by atoms with van der Waals surface area (Å²) in [4.78, 5) is 11.8. The molecule has 0 aromatic heterocycles. The van der Waals surface area contributed by atoms with Crippen LogP contribution in [0, 0.1) is 11.8 Å². The van der Waals surface area contributed by atoms with Crippen molar-refractivity contribution in [3.63, 3.8) is 0 Å². The van der Waals surface area contributed by atoms with Crippen LogP contribution in [0.4, 0.5) is 0 Å². The summed E-state index contributed by atoms with van der Waals surface area (Å²) in [6, 6.07) is 7.27. The number of hydrogen-bond acceptors (Lipinski definition) is 3. The van der Waals surface area contributed by atoms with Gasteiger partial charge in [-0.25, -0.2) is 0 Å². The van der Waals surface area contributed by atoms with Crippen molar-refractivity contribution in [2.24, 2.45) is 11.8 Å². The van der Waals surface area contributed by atoms with E-state index in [-0.39, 0.29) is 23.6 Å². The van der Waals surface area contributed by atoms with Crippen molar-refractivity contribution in [3.8, 4) is 5.75 Å². The number of aromatic hydroxyl groups is 1. The van der Waals surface area contributed by atoms with Gasteiger partial charge in [0.15, 0.2) is 0 Å². The van der Waals surface area contributed by atoms with E-state index in [1.165, 1.54) is 7.11 Å². The molecular formula is C16H24O3. The molecule has 19 heavy (non-hydrogen) atoms. The van der Waals surface area contributed by atoms with Crippen LogP contribution >= 0.6 is 0 Å². The maximum atomic E-state index is 11.8. The topological polar surface area (TPSA) is 46.5 Å². The normalized spacial score (nSPS) is 15.6. The number of carbonyl (C=O) groups excluding carboxylic acids is 1. The molecule has 0 saturated heterocycles. The molecule has 0 amide bonds. The maximum Gasteiger partial charge on any atom is 0.308 e. The SMILES string of the molecule is CCC(C(=O)OC)C(C)C(CC)c1ccc(O)cc1. The fraction of sp³-hybridized carbons (Fsp3) is 0.562. The lowest BCUT2D eigenvalue weighted by molar-refractivity contribution is -0.147. The zero-order valence-electron chi connectivity index (χ0n) is 12.2. The van der Waals surface area contributed by atoms with E-state index in [0.717, 1.165) is 18.4 Å². The van der Waals surface area contributed by atoms with Crippen LogP contribution in [0.15, 0.2) is 24.3 Å². The van der Waals surface area contributed by atoms with Crippen molar-refractivity contribution in [1.29, 1.82) is 0 Å². The van der Waals surface area contributed by atoms with E-state index in [2.05, 4.69) is 13.8 Å². The Kier molecular flexibility index (Phi) is 5.87. The van der Waals surface area contributed by atoms with E-state index in [4.69, 9.17) is 4.74 Å². The van der Waals surface area contributed by atoms with Gasteiger partial charge in [0.2, 0.25) is 0 Å². The van der Waals surface area contributed by atoms with Crippen molar-refractivity contribution >= 4 is 5.97 Å². The Morgan fingerprint density at radius 1 is 1.21 bits per heavy atom. The first-order chi connectivity index (χ1) is 9.04. The van der Waals surface area contributed by atoms with Gasteiger partial charge < -0.3 is 9.84 Å². The minimum Gasteiger partial charge on any atom is -0.508 e. The van der Waals surface area contributed by atoms with Crippen LogP contribution in [-0.2, 0) is 9.53 Å². The van der Waals surface area contributed by atoms with E-state index >= 15 is 0 Å². The van der Waals surface area contributed by atoms with Crippen LogP contribution in [-0.4, -0.2) is 18.2 Å². The fourth-order valence-electron chi connectivity index (χ4n) is 2.82. The molecule has 106 valence electrons. The Morgan fingerprint density at radius 2 is 1.79 bits per heavy atom. The summed E-state index contributed by atoms with van der Waals surface area (Å²) in [6.07, 6.45) is 1.74. The third kappa shape index (κ3) is 3.72. The number of phenolic OH excluding ortho intramolecular Hbond substituents is 1. The quantitative estimate of drug-likeness (QED) is 0.796. The molecule has 0 spiro atoms. The average Bonchev–Trinajstić information content (AvgIpc) is 2.42. The van der Waals surface area contributed by atoms with Crippen LogP contribution < -0.4 is 0 Å². The van der Waals surface area contributed by atoms with Gasteiger partial charge in [0.25, 0.3) is 0 Å². The molecule has 3 heteroatoms. The summed E-state index contributed by atoms with van der Waals surface area (Å²) in [5.41, 5.74) is 1.16. The summed E-state index contributed by atoms with van der Waals surface area (Å²) in [7, 11) is 1.44. The molecule has 1 aromatic carbocycles. The molecule has 0 fully saturated rings. The Balaban J connectivity index is 2.95. The first kappa shape index (κ1) is 15.5. The Labute approximate surface area is 115 Å². The lowest BCUT2D eigenvalue weighted by atomic mass is 9.76. The molecule has 1 N–H and O–H groups in total. The van der Waals surface area contributed by atoms with Crippen LogP contribution in [0.1, 0.15) is 45.1 Å². The molecule has 0 bridgehead atoms. The monoisotopic (exact) mass is 264 g/mol. The van der Waals surface area contributed by atoms with E-state index in [0.29, 0.717) is 5.92 Å². The Morgan fingerprint density at radius 3 is 2.21 bits per heavy atom. The second kappa shape index (κ2) is 7.17. The van der Waals surface area contributed by atoms with Crippen molar-refractivity contribution in [2.45, 2.75) is 39.5 Å². The number of ether oxygens (including phenoxy) is 1. The van der Waals surface area contributed by atoms with Crippen LogP contribution in [0.25, 0.3) is 0 Å². The predicted octanol–water partition coefficient (Wildman–Crippen LogP) is 3.72. The number of hydrogen-bond donors (Lipinski definition) is 1. The minimum atomic E-state index is -0.132. The number of phenols is 1. The fourth-order valence-corrected chi connectivity index (χ4v) is 2.82. The third-order valence-corrected chi connectivity index (χ3v) is 3.97. The number of carbonyl (C=O) groups is 1. The molecule has 3 unspecified atom stereocenters. The van der Waals surface area contributed by atoms with Crippen LogP contribution in [0.3, 0.4) is 0 Å². The first-order valence-corrected chi connectivity index (χ1v) is 6.91. The van der Waals surface area contributed by atoms with Crippen molar-refractivity contribution in [1.82, 2.24) is 0 Å². The second-order valence-corrected chi connectivity index (χ2v) is 5.00. The molecular weight excluding hydrogens is 240 g/mol. The standard InChI is InChI=1S/C16H24O3/c1-5-14(12-7-9-13(17)10-8-12)11(3)15(6-2)16(18)19-4/h7-11,14-15,17H,5-6H2,1-4H3. The predicted molar refractivity (Wildman–Crippen MR) is 76.1 cm³/mol. The molecule has 1 aromatic rings. The largest absolute Gasteiger partial charge is 0.508 e. The number of rotatable bonds is 6. The zero-order valence-corrected chi connectivity index (χ0v) is 12.2. The summed E-state index contributed by atoms with van der Waals surface area (Å²) < 4.78 is 4.90. The zero-order chi connectivity index (χ0) is 14.4. The van der Waals surface area contributed by atoms with Crippen molar-refractivity contribution in [3.05, 3.63) is 29.8 Å².